The van der Waals surface area contributed by atoms with E-state index in [0.717, 1.165) is 19.4 Å². The molecule has 1 aliphatic heterocycles. The molecule has 28 heavy (non-hydrogen) atoms. The number of H-pyrrole nitrogens is 1. The van der Waals surface area contributed by atoms with E-state index in [-0.39, 0.29) is 11.5 Å². The van der Waals surface area contributed by atoms with Gasteiger partial charge in [-0.25, -0.2) is 4.79 Å². The van der Waals surface area contributed by atoms with Gasteiger partial charge in [-0.2, -0.15) is 0 Å². The van der Waals surface area contributed by atoms with E-state index in [4.69, 9.17) is 4.74 Å². The number of carbonyl (C=O) groups is 1. The highest BCUT2D eigenvalue weighted by Crippen LogP contribution is 2.45. The number of carbonyl (C=O) groups excluding carboxylic acids is 1. The molecule has 1 amide bonds. The Hall–Kier alpha value is -2.01. The molecule has 5 heteroatoms. The Morgan fingerprint density at radius 3 is 2.86 bits per heavy atom. The molecule has 2 aliphatic rings. The SMILES string of the molecule is CCOC(=O)NCC1C[C@@H]2c3cc(C(C)(C)C)cc4[nH]cc(c34)C[C@H]2N(C)C1. The standard InChI is InChI=1S/C23H33N3O2/c1-6-28-22(27)25-11-14-7-17-18-9-16(23(2,3)4)10-19-21(18)15(12-24-19)8-20(17)26(5)13-14/h9-10,12,14,17,20,24H,6-8,11,13H2,1-5H3,(H,25,27)/t14?,17-,20-/m1/s1. The fraction of sp³-hybridized carbons (Fsp3) is 0.609. The van der Waals surface area contributed by atoms with E-state index in [0.29, 0.717) is 31.0 Å². The first-order valence-electron chi connectivity index (χ1n) is 10.5. The molecule has 2 aromatic rings. The Labute approximate surface area is 167 Å². The maximum atomic E-state index is 11.7. The summed E-state index contributed by atoms with van der Waals surface area (Å²) in [6.07, 6.45) is 4.11. The van der Waals surface area contributed by atoms with Crippen molar-refractivity contribution in [1.29, 1.82) is 0 Å². The number of hydrogen-bond acceptors (Lipinski definition) is 3. The van der Waals surface area contributed by atoms with Crippen LogP contribution in [0.15, 0.2) is 18.3 Å². The number of ether oxygens (including phenoxy) is 1. The topological polar surface area (TPSA) is 57.4 Å². The van der Waals surface area contributed by atoms with E-state index in [2.05, 4.69) is 61.3 Å². The quantitative estimate of drug-likeness (QED) is 0.836. The van der Waals surface area contributed by atoms with Gasteiger partial charge >= 0.3 is 6.09 Å². The molecule has 152 valence electrons. The van der Waals surface area contributed by atoms with Crippen LogP contribution in [0.5, 0.6) is 0 Å². The molecule has 2 N–H and O–H groups in total. The molecule has 1 aliphatic carbocycles. The van der Waals surface area contributed by atoms with Crippen LogP contribution in [0.2, 0.25) is 0 Å². The van der Waals surface area contributed by atoms with Crippen molar-refractivity contribution in [3.8, 4) is 0 Å². The summed E-state index contributed by atoms with van der Waals surface area (Å²) in [4.78, 5) is 17.8. The summed E-state index contributed by atoms with van der Waals surface area (Å²) in [5, 5.41) is 4.38. The van der Waals surface area contributed by atoms with Crippen LogP contribution in [0.3, 0.4) is 0 Å². The molecule has 1 saturated heterocycles. The van der Waals surface area contributed by atoms with E-state index < -0.39 is 0 Å². The number of likely N-dealkylation sites (N-methyl/N-ethyl adjacent to an activating group) is 1. The first kappa shape index (κ1) is 19.3. The van der Waals surface area contributed by atoms with Gasteiger partial charge in [-0.05, 0) is 60.9 Å². The number of nitrogens with one attached hydrogen (secondary N) is 2. The molecule has 1 aromatic heterocycles. The van der Waals surface area contributed by atoms with Crippen molar-refractivity contribution in [3.63, 3.8) is 0 Å². The van der Waals surface area contributed by atoms with Gasteiger partial charge < -0.3 is 19.9 Å². The highest BCUT2D eigenvalue weighted by atomic mass is 16.5. The number of fused-ring (bicyclic) bond motifs is 2. The molecule has 2 heterocycles. The summed E-state index contributed by atoms with van der Waals surface area (Å²) < 4.78 is 5.03. The molecular weight excluding hydrogens is 350 g/mol. The molecule has 1 aromatic carbocycles. The first-order valence-corrected chi connectivity index (χ1v) is 10.5. The van der Waals surface area contributed by atoms with Gasteiger partial charge in [0.05, 0.1) is 6.61 Å². The number of aromatic amines is 1. The van der Waals surface area contributed by atoms with Crippen LogP contribution in [0.25, 0.3) is 10.9 Å². The van der Waals surface area contributed by atoms with Gasteiger partial charge in [0.15, 0.2) is 0 Å². The van der Waals surface area contributed by atoms with E-state index in [1.54, 1.807) is 0 Å². The second kappa shape index (κ2) is 7.11. The van der Waals surface area contributed by atoms with Crippen molar-refractivity contribution in [1.82, 2.24) is 15.2 Å². The van der Waals surface area contributed by atoms with Crippen LogP contribution in [0, 0.1) is 5.92 Å². The monoisotopic (exact) mass is 383 g/mol. The Kier molecular flexibility index (Phi) is 4.90. The normalized spacial score (nSPS) is 24.8. The minimum Gasteiger partial charge on any atom is -0.450 e. The van der Waals surface area contributed by atoms with Crippen LogP contribution >= 0.6 is 0 Å². The number of likely N-dealkylation sites (tertiary alicyclic amines) is 1. The second-order valence-corrected chi connectivity index (χ2v) is 9.57. The third-order valence-corrected chi connectivity index (χ3v) is 6.56. The Morgan fingerprint density at radius 1 is 1.36 bits per heavy atom. The van der Waals surface area contributed by atoms with Gasteiger partial charge in [0, 0.05) is 42.1 Å². The number of alkyl carbamates (subject to hydrolysis) is 1. The third kappa shape index (κ3) is 3.41. The lowest BCUT2D eigenvalue weighted by Gasteiger charge is -2.46. The zero-order chi connectivity index (χ0) is 20.1. The van der Waals surface area contributed by atoms with Gasteiger partial charge in [-0.1, -0.05) is 26.8 Å². The molecule has 4 rings (SSSR count). The molecule has 1 fully saturated rings. The summed E-state index contributed by atoms with van der Waals surface area (Å²) in [6.45, 7) is 10.8. The maximum Gasteiger partial charge on any atom is 0.407 e. The minimum atomic E-state index is -0.305. The summed E-state index contributed by atoms with van der Waals surface area (Å²) in [5.41, 5.74) is 5.71. The Balaban J connectivity index is 1.65. The van der Waals surface area contributed by atoms with Crippen LogP contribution in [-0.2, 0) is 16.6 Å². The number of aromatic nitrogens is 1. The highest BCUT2D eigenvalue weighted by molar-refractivity contribution is 5.89. The lowest BCUT2D eigenvalue weighted by molar-refractivity contribution is 0.106. The van der Waals surface area contributed by atoms with Gasteiger partial charge in [-0.3, -0.25) is 0 Å². The van der Waals surface area contributed by atoms with Crippen molar-refractivity contribution in [2.45, 2.75) is 57.9 Å². The summed E-state index contributed by atoms with van der Waals surface area (Å²) >= 11 is 0. The highest BCUT2D eigenvalue weighted by Gasteiger charge is 2.40. The number of nitrogens with zero attached hydrogens (tertiary/aromatic N) is 1. The minimum absolute atomic E-state index is 0.119. The van der Waals surface area contributed by atoms with Gasteiger partial charge in [0.25, 0.3) is 0 Å². The average molecular weight is 384 g/mol. The zero-order valence-electron chi connectivity index (χ0n) is 17.8. The van der Waals surface area contributed by atoms with Gasteiger partial charge in [-0.15, -0.1) is 0 Å². The number of rotatable bonds is 3. The molecule has 5 nitrogen and oxygen atoms in total. The summed E-state index contributed by atoms with van der Waals surface area (Å²) in [6, 6.07) is 5.31. The Bertz CT molecular complexity index is 880. The average Bonchev–Trinajstić information content (AvgIpc) is 3.04. The first-order chi connectivity index (χ1) is 13.3. The molecule has 0 radical (unpaired) electrons. The van der Waals surface area contributed by atoms with Crippen LogP contribution in [0.1, 0.15) is 56.7 Å². The van der Waals surface area contributed by atoms with Gasteiger partial charge in [0.2, 0.25) is 0 Å². The molecule has 3 atom stereocenters. The van der Waals surface area contributed by atoms with Crippen LogP contribution < -0.4 is 5.32 Å². The zero-order valence-corrected chi connectivity index (χ0v) is 17.8. The number of hydrogen-bond donors (Lipinski definition) is 2. The molecule has 0 spiro atoms. The number of piperidine rings is 1. The van der Waals surface area contributed by atoms with E-state index >= 15 is 0 Å². The molecule has 0 bridgehead atoms. The van der Waals surface area contributed by atoms with E-state index in [1.165, 1.54) is 27.6 Å². The van der Waals surface area contributed by atoms with Crippen LogP contribution in [0.4, 0.5) is 4.79 Å². The largest absolute Gasteiger partial charge is 0.450 e. The lowest BCUT2D eigenvalue weighted by Crippen LogP contribution is -2.50. The molecule has 0 saturated carbocycles. The van der Waals surface area contributed by atoms with Crippen molar-refractivity contribution >= 4 is 17.0 Å². The smallest absolute Gasteiger partial charge is 0.407 e. The number of benzene rings is 1. The Morgan fingerprint density at radius 2 is 2.14 bits per heavy atom. The van der Waals surface area contributed by atoms with Crippen molar-refractivity contribution in [2.75, 3.05) is 26.7 Å². The van der Waals surface area contributed by atoms with Crippen LogP contribution in [-0.4, -0.2) is 48.8 Å². The summed E-state index contributed by atoms with van der Waals surface area (Å²) in [5.74, 6) is 0.935. The molecule has 1 unspecified atom stereocenters. The molecular formula is C23H33N3O2. The lowest BCUT2D eigenvalue weighted by atomic mass is 9.71. The van der Waals surface area contributed by atoms with Gasteiger partial charge in [0.1, 0.15) is 0 Å². The predicted molar refractivity (Wildman–Crippen MR) is 113 cm³/mol. The predicted octanol–water partition coefficient (Wildman–Crippen LogP) is 4.17. The second-order valence-electron chi connectivity index (χ2n) is 9.57. The fourth-order valence-electron chi connectivity index (χ4n) is 5.12. The number of amides is 1. The van der Waals surface area contributed by atoms with Crippen molar-refractivity contribution < 1.29 is 9.53 Å². The van der Waals surface area contributed by atoms with Crippen molar-refractivity contribution in [3.05, 3.63) is 35.0 Å². The van der Waals surface area contributed by atoms with Crippen molar-refractivity contribution in [2.24, 2.45) is 5.92 Å². The van der Waals surface area contributed by atoms with E-state index in [9.17, 15) is 4.79 Å². The fourth-order valence-corrected chi connectivity index (χ4v) is 5.12. The third-order valence-electron chi connectivity index (χ3n) is 6.56. The van der Waals surface area contributed by atoms with E-state index in [1.807, 2.05) is 6.92 Å². The maximum absolute atomic E-state index is 11.7. The summed E-state index contributed by atoms with van der Waals surface area (Å²) in [7, 11) is 2.23.